The molecule has 4 N–H and O–H groups in total. The number of rotatable bonds is 3. The molecule has 0 saturated carbocycles. The third kappa shape index (κ3) is 1.85. The molecule has 1 aliphatic heterocycles. The largest absolute Gasteiger partial charge is 0.477 e. The van der Waals surface area contributed by atoms with Crippen molar-refractivity contribution in [3.8, 4) is 0 Å². The van der Waals surface area contributed by atoms with Crippen molar-refractivity contribution in [3.63, 3.8) is 0 Å². The number of carbonyl (C=O) groups is 1. The number of aliphatic carboxylic acids is 1. The summed E-state index contributed by atoms with van der Waals surface area (Å²) in [6.07, 6.45) is 0.0902. The number of hydrogen-bond acceptors (Lipinski definition) is 4. The maximum absolute atomic E-state index is 10.6. The van der Waals surface area contributed by atoms with Gasteiger partial charge in [0.2, 0.25) is 0 Å². The Morgan fingerprint density at radius 1 is 1.56 bits per heavy atom. The molecule has 0 saturated heterocycles. The Bertz CT molecular complexity index is 461. The highest BCUT2D eigenvalue weighted by atomic mass is 16.4. The molecular formula is C10H11BN2O3. The van der Waals surface area contributed by atoms with E-state index in [0.29, 0.717) is 6.54 Å². The van der Waals surface area contributed by atoms with Crippen molar-refractivity contribution in [2.45, 2.75) is 13.0 Å². The van der Waals surface area contributed by atoms with E-state index in [2.05, 4.69) is 5.23 Å². The van der Waals surface area contributed by atoms with E-state index >= 15 is 0 Å². The van der Waals surface area contributed by atoms with Gasteiger partial charge in [-0.05, 0) is 16.6 Å². The number of carboxylic acids is 1. The van der Waals surface area contributed by atoms with Crippen LogP contribution < -0.4 is 10.7 Å². The summed E-state index contributed by atoms with van der Waals surface area (Å²) in [6, 6.07) is 5.35. The van der Waals surface area contributed by atoms with Gasteiger partial charge in [0.25, 0.3) is 0 Å². The van der Waals surface area contributed by atoms with E-state index in [1.807, 2.05) is 0 Å². The Balaban J connectivity index is 2.30. The summed E-state index contributed by atoms with van der Waals surface area (Å²) in [7, 11) is -0.686. The lowest BCUT2D eigenvalue weighted by Gasteiger charge is -2.06. The van der Waals surface area contributed by atoms with Crippen LogP contribution in [0.5, 0.6) is 0 Å². The third-order valence-corrected chi connectivity index (χ3v) is 2.70. The van der Waals surface area contributed by atoms with Crippen LogP contribution in [-0.4, -0.2) is 28.9 Å². The van der Waals surface area contributed by atoms with Crippen molar-refractivity contribution >= 4 is 24.2 Å². The van der Waals surface area contributed by atoms with E-state index in [-0.39, 0.29) is 12.1 Å². The Morgan fingerprint density at radius 3 is 3.00 bits per heavy atom. The molecule has 1 aromatic carbocycles. The van der Waals surface area contributed by atoms with Gasteiger partial charge < -0.3 is 15.4 Å². The first-order chi connectivity index (χ1) is 7.59. The summed E-state index contributed by atoms with van der Waals surface area (Å²) in [5.41, 5.74) is 2.13. The first-order valence-corrected chi connectivity index (χ1v) is 4.92. The predicted molar refractivity (Wildman–Crippen MR) is 60.0 cm³/mol. The fourth-order valence-electron chi connectivity index (χ4n) is 1.87. The Labute approximate surface area is 92.8 Å². The van der Waals surface area contributed by atoms with E-state index in [1.54, 1.807) is 18.2 Å². The Kier molecular flexibility index (Phi) is 2.76. The maximum atomic E-state index is 10.6. The summed E-state index contributed by atoms with van der Waals surface area (Å²) < 4.78 is 0. The van der Waals surface area contributed by atoms with Gasteiger partial charge in [-0.25, -0.2) is 4.79 Å². The first-order valence-electron chi connectivity index (χ1n) is 4.92. The fraction of sp³-hybridized carbons (Fsp3) is 0.200. The standard InChI is InChI=1S/C10H11BN2O3/c12-9(10(14)15)4-6-2-1-3-8-7(6)5-13-11(8)16/h1-3,12-13,16H,4-5H2,(H,14,15). The molecule has 16 heavy (non-hydrogen) atoms. The van der Waals surface area contributed by atoms with Crippen LogP contribution in [-0.2, 0) is 17.8 Å². The van der Waals surface area contributed by atoms with Crippen molar-refractivity contribution in [2.75, 3.05) is 0 Å². The van der Waals surface area contributed by atoms with Gasteiger partial charge >= 0.3 is 13.0 Å². The second kappa shape index (κ2) is 4.07. The molecule has 0 unspecified atom stereocenters. The third-order valence-electron chi connectivity index (χ3n) is 2.70. The molecule has 0 bridgehead atoms. The van der Waals surface area contributed by atoms with Gasteiger partial charge in [0, 0.05) is 13.0 Å². The second-order valence-electron chi connectivity index (χ2n) is 3.73. The lowest BCUT2D eigenvalue weighted by atomic mass is 9.75. The number of carboxylic acid groups (broad SMARTS) is 1. The van der Waals surface area contributed by atoms with E-state index in [0.717, 1.165) is 16.6 Å². The van der Waals surface area contributed by atoms with E-state index in [1.165, 1.54) is 0 Å². The normalized spacial score (nSPS) is 13.7. The molecule has 0 aromatic heterocycles. The molecule has 0 fully saturated rings. The molecule has 5 nitrogen and oxygen atoms in total. The van der Waals surface area contributed by atoms with Crippen LogP contribution >= 0.6 is 0 Å². The zero-order valence-electron chi connectivity index (χ0n) is 8.53. The molecule has 0 spiro atoms. The van der Waals surface area contributed by atoms with E-state index < -0.39 is 13.0 Å². The SMILES string of the molecule is N=C(Cc1cccc2c1CNB2O)C(=O)O. The highest BCUT2D eigenvalue weighted by Gasteiger charge is 2.26. The summed E-state index contributed by atoms with van der Waals surface area (Å²) in [5, 5.41) is 28.4. The Hall–Kier alpha value is -1.66. The van der Waals surface area contributed by atoms with Crippen molar-refractivity contribution < 1.29 is 14.9 Å². The minimum absolute atomic E-state index is 0.0902. The fourth-order valence-corrected chi connectivity index (χ4v) is 1.87. The van der Waals surface area contributed by atoms with Crippen LogP contribution in [0.25, 0.3) is 0 Å². The maximum Gasteiger partial charge on any atom is 0.413 e. The van der Waals surface area contributed by atoms with Crippen molar-refractivity contribution in [2.24, 2.45) is 0 Å². The van der Waals surface area contributed by atoms with Gasteiger partial charge in [-0.2, -0.15) is 0 Å². The smallest absolute Gasteiger partial charge is 0.413 e. The van der Waals surface area contributed by atoms with Gasteiger partial charge in [0.15, 0.2) is 0 Å². The summed E-state index contributed by atoms with van der Waals surface area (Å²) in [4.78, 5) is 10.6. The monoisotopic (exact) mass is 218 g/mol. The van der Waals surface area contributed by atoms with Crippen LogP contribution in [0.1, 0.15) is 11.1 Å². The lowest BCUT2D eigenvalue weighted by molar-refractivity contribution is -0.129. The van der Waals surface area contributed by atoms with Crippen LogP contribution in [0, 0.1) is 5.41 Å². The van der Waals surface area contributed by atoms with Crippen molar-refractivity contribution in [1.82, 2.24) is 5.23 Å². The molecule has 0 amide bonds. The molecule has 0 radical (unpaired) electrons. The first kappa shape index (κ1) is 10.8. The Morgan fingerprint density at radius 2 is 2.31 bits per heavy atom. The van der Waals surface area contributed by atoms with Crippen LogP contribution in [0.4, 0.5) is 0 Å². The van der Waals surface area contributed by atoms with Gasteiger partial charge in [-0.3, -0.25) is 5.41 Å². The second-order valence-corrected chi connectivity index (χ2v) is 3.73. The summed E-state index contributed by atoms with van der Waals surface area (Å²) >= 11 is 0. The molecule has 1 aliphatic rings. The van der Waals surface area contributed by atoms with E-state index in [4.69, 9.17) is 10.5 Å². The average Bonchev–Trinajstić information content (AvgIpc) is 2.62. The van der Waals surface area contributed by atoms with Crippen molar-refractivity contribution in [1.29, 1.82) is 5.41 Å². The van der Waals surface area contributed by atoms with E-state index in [9.17, 15) is 9.82 Å². The van der Waals surface area contributed by atoms with Crippen LogP contribution in [0.3, 0.4) is 0 Å². The zero-order valence-corrected chi connectivity index (χ0v) is 8.53. The van der Waals surface area contributed by atoms with Crippen molar-refractivity contribution in [3.05, 3.63) is 29.3 Å². The molecule has 2 rings (SSSR count). The minimum Gasteiger partial charge on any atom is -0.477 e. The van der Waals surface area contributed by atoms with Gasteiger partial charge in [-0.15, -0.1) is 0 Å². The van der Waals surface area contributed by atoms with Gasteiger partial charge in [0.05, 0.1) is 0 Å². The van der Waals surface area contributed by atoms with Gasteiger partial charge in [0.1, 0.15) is 5.71 Å². The van der Waals surface area contributed by atoms with Crippen LogP contribution in [0.15, 0.2) is 18.2 Å². The quantitative estimate of drug-likeness (QED) is 0.391. The molecular weight excluding hydrogens is 207 g/mol. The van der Waals surface area contributed by atoms with Gasteiger partial charge in [-0.1, -0.05) is 18.2 Å². The van der Waals surface area contributed by atoms with Crippen LogP contribution in [0.2, 0.25) is 0 Å². The summed E-state index contributed by atoms with van der Waals surface area (Å²) in [6.45, 7) is 0.513. The summed E-state index contributed by atoms with van der Waals surface area (Å²) in [5.74, 6) is -1.20. The lowest BCUT2D eigenvalue weighted by Crippen LogP contribution is -2.37. The molecule has 0 aliphatic carbocycles. The topological polar surface area (TPSA) is 93.4 Å². The number of fused-ring (bicyclic) bond motifs is 1. The molecule has 82 valence electrons. The highest BCUT2D eigenvalue weighted by Crippen LogP contribution is 2.12. The number of hydrogen-bond donors (Lipinski definition) is 4. The average molecular weight is 218 g/mol. The molecule has 1 heterocycles. The highest BCUT2D eigenvalue weighted by molar-refractivity contribution is 6.65. The molecule has 1 aromatic rings. The molecule has 6 heteroatoms. The number of nitrogens with one attached hydrogen (secondary N) is 2. The number of benzene rings is 1. The minimum atomic E-state index is -1.20. The predicted octanol–water partition coefficient (Wildman–Crippen LogP) is -0.876. The zero-order chi connectivity index (χ0) is 11.7. The molecule has 0 atom stereocenters.